The number of pyridine rings is 1. The summed E-state index contributed by atoms with van der Waals surface area (Å²) >= 11 is 0.171. The van der Waals surface area contributed by atoms with E-state index in [2.05, 4.69) is 58.4 Å². The Balaban J connectivity index is 1.59. The number of aliphatic imine (C=N–C) groups is 1. The smallest absolute Gasteiger partial charge is 0.139 e. The Labute approximate surface area is 181 Å². The summed E-state index contributed by atoms with van der Waals surface area (Å²) in [7, 11) is 2.01. The summed E-state index contributed by atoms with van der Waals surface area (Å²) < 4.78 is 14.9. The molecular formula is C23H26FN5S. The molecule has 0 fully saturated rings. The third-order valence-corrected chi connectivity index (χ3v) is 5.65. The van der Waals surface area contributed by atoms with E-state index in [1.807, 2.05) is 30.1 Å². The molecule has 0 saturated carbocycles. The van der Waals surface area contributed by atoms with Crippen molar-refractivity contribution in [3.63, 3.8) is 0 Å². The molecule has 2 atom stereocenters. The maximum absolute atomic E-state index is 12.8. The van der Waals surface area contributed by atoms with Crippen LogP contribution in [0, 0.1) is 5.92 Å². The summed E-state index contributed by atoms with van der Waals surface area (Å²) in [5.41, 5.74) is 3.12. The normalized spacial score (nSPS) is 13.7. The molecule has 0 aliphatic rings. The molecule has 0 spiro atoms. The summed E-state index contributed by atoms with van der Waals surface area (Å²) in [6.45, 7) is 5.15. The lowest BCUT2D eigenvalue weighted by Gasteiger charge is -2.21. The van der Waals surface area contributed by atoms with Gasteiger partial charge in [0.05, 0.1) is 22.7 Å². The molecular weight excluding hydrogens is 397 g/mol. The van der Waals surface area contributed by atoms with Gasteiger partial charge in [0.1, 0.15) is 5.82 Å². The number of hydrogen-bond acceptors (Lipinski definition) is 5. The van der Waals surface area contributed by atoms with Crippen molar-refractivity contribution in [2.45, 2.75) is 24.7 Å². The quantitative estimate of drug-likeness (QED) is 0.436. The summed E-state index contributed by atoms with van der Waals surface area (Å²) in [5.74, 6) is 1.67. The number of aryl methyl sites for hydroxylation is 1. The third kappa shape index (κ3) is 5.36. The van der Waals surface area contributed by atoms with Gasteiger partial charge >= 0.3 is 0 Å². The monoisotopic (exact) mass is 423 g/mol. The molecule has 0 saturated heterocycles. The molecule has 0 aliphatic carbocycles. The van der Waals surface area contributed by atoms with Gasteiger partial charge in [-0.1, -0.05) is 38.1 Å². The van der Waals surface area contributed by atoms with Crippen molar-refractivity contribution in [3.8, 4) is 11.4 Å². The zero-order valence-corrected chi connectivity index (χ0v) is 18.2. The number of rotatable bonds is 9. The van der Waals surface area contributed by atoms with Gasteiger partial charge in [-0.25, -0.2) is 4.98 Å². The van der Waals surface area contributed by atoms with Crippen LogP contribution in [0.4, 0.5) is 9.57 Å². The van der Waals surface area contributed by atoms with E-state index >= 15 is 0 Å². The average molecular weight is 424 g/mol. The van der Waals surface area contributed by atoms with Gasteiger partial charge in [0.15, 0.2) is 0 Å². The summed E-state index contributed by atoms with van der Waals surface area (Å²) in [5, 5.41) is 3.05. The highest BCUT2D eigenvalue weighted by Gasteiger charge is 2.19. The third-order valence-electron chi connectivity index (χ3n) is 5.15. The maximum atomic E-state index is 12.8. The van der Waals surface area contributed by atoms with E-state index in [1.54, 1.807) is 24.7 Å². The van der Waals surface area contributed by atoms with Gasteiger partial charge in [-0.2, -0.15) is 3.89 Å². The number of imidazole rings is 1. The van der Waals surface area contributed by atoms with Crippen molar-refractivity contribution in [3.05, 3.63) is 73.0 Å². The topological polar surface area (TPSA) is 55.1 Å². The first kappa shape index (κ1) is 21.8. The van der Waals surface area contributed by atoms with Crippen LogP contribution in [0.2, 0.25) is 0 Å². The highest BCUT2D eigenvalue weighted by atomic mass is 32.2. The van der Waals surface area contributed by atoms with Gasteiger partial charge in [-0.15, -0.1) is 0 Å². The van der Waals surface area contributed by atoms with Crippen molar-refractivity contribution in [1.29, 1.82) is 0 Å². The maximum Gasteiger partial charge on any atom is 0.139 e. The second-order valence-corrected chi connectivity index (χ2v) is 7.78. The molecule has 1 aromatic carbocycles. The van der Waals surface area contributed by atoms with E-state index < -0.39 is 0 Å². The van der Waals surface area contributed by atoms with Crippen LogP contribution in [0.5, 0.6) is 0 Å². The summed E-state index contributed by atoms with van der Waals surface area (Å²) in [4.78, 5) is 13.4. The molecule has 2 heterocycles. The number of halogens is 1. The lowest BCUT2D eigenvalue weighted by molar-refractivity contribution is 0.501. The molecule has 3 rings (SSSR count). The molecule has 5 nitrogen and oxygen atoms in total. The number of nitrogens with one attached hydrogen (secondary N) is 1. The molecule has 0 amide bonds. The predicted octanol–water partition coefficient (Wildman–Crippen LogP) is 5.89. The van der Waals surface area contributed by atoms with Crippen molar-refractivity contribution in [2.75, 3.05) is 11.9 Å². The Hall–Kier alpha value is -2.93. The van der Waals surface area contributed by atoms with Gasteiger partial charge < -0.3 is 9.88 Å². The molecule has 2 aromatic heterocycles. The Morgan fingerprint density at radius 1 is 1.23 bits per heavy atom. The van der Waals surface area contributed by atoms with Crippen molar-refractivity contribution >= 4 is 24.0 Å². The summed E-state index contributed by atoms with van der Waals surface area (Å²) in [6, 6.07) is 10.2. The first-order chi connectivity index (χ1) is 14.6. The summed E-state index contributed by atoms with van der Waals surface area (Å²) in [6.07, 6.45) is 12.2. The Kier molecular flexibility index (Phi) is 7.79. The number of hydrogen-bond donors (Lipinski definition) is 1. The number of allylic oxidation sites excluding steroid dienone is 1. The van der Waals surface area contributed by atoms with Gasteiger partial charge in [-0.05, 0) is 29.5 Å². The van der Waals surface area contributed by atoms with Crippen LogP contribution < -0.4 is 5.32 Å². The lowest BCUT2D eigenvalue weighted by Crippen LogP contribution is -2.11. The molecule has 0 radical (unpaired) electrons. The molecule has 0 aliphatic heterocycles. The van der Waals surface area contributed by atoms with E-state index in [0.29, 0.717) is 29.0 Å². The van der Waals surface area contributed by atoms with Gasteiger partial charge in [-0.3, -0.25) is 9.98 Å². The molecule has 156 valence electrons. The van der Waals surface area contributed by atoms with Crippen LogP contribution in [0.1, 0.15) is 25.3 Å². The first-order valence-corrected chi connectivity index (χ1v) is 10.5. The highest BCUT2D eigenvalue weighted by Crippen LogP contribution is 2.32. The fraction of sp³-hybridized carbons (Fsp3) is 0.261. The standard InChI is InChI=1S/C23H26FN5S/c1-17(15-25-10-6-11-27-21-9-12-26-16-22(21)30-24)18(2)19-7-4-5-8-20(19)23-28-13-14-29(23)3/h4-14,16-18H,15H2,1-3H3,(H,26,27)/b11-6-,25-10?/t17-,18?/m0/s1. The zero-order valence-electron chi connectivity index (χ0n) is 17.4. The van der Waals surface area contributed by atoms with Crippen LogP contribution in [0.25, 0.3) is 11.4 Å². The van der Waals surface area contributed by atoms with E-state index in [-0.39, 0.29) is 12.1 Å². The second kappa shape index (κ2) is 10.7. The van der Waals surface area contributed by atoms with Gasteiger partial charge in [0, 0.05) is 56.4 Å². The number of anilines is 1. The van der Waals surface area contributed by atoms with Crippen LogP contribution in [-0.4, -0.2) is 27.3 Å². The van der Waals surface area contributed by atoms with E-state index in [1.165, 1.54) is 11.8 Å². The van der Waals surface area contributed by atoms with Crippen LogP contribution in [0.15, 0.2) is 77.3 Å². The largest absolute Gasteiger partial charge is 0.361 e. The van der Waals surface area contributed by atoms with Gasteiger partial charge in [0.25, 0.3) is 0 Å². The predicted molar refractivity (Wildman–Crippen MR) is 124 cm³/mol. The SMILES string of the molecule is CC(c1ccccc1-c1nccn1C)[C@@H](C)CN=C/C=C\Nc1ccncc1SF. The van der Waals surface area contributed by atoms with Gasteiger partial charge in [0.2, 0.25) is 0 Å². The Morgan fingerprint density at radius 2 is 2.07 bits per heavy atom. The van der Waals surface area contributed by atoms with Crippen molar-refractivity contribution in [2.24, 2.45) is 18.0 Å². The second-order valence-electron chi connectivity index (χ2n) is 7.18. The lowest BCUT2D eigenvalue weighted by atomic mass is 9.86. The molecule has 7 heteroatoms. The number of aromatic nitrogens is 3. The van der Waals surface area contributed by atoms with Crippen molar-refractivity contribution in [1.82, 2.24) is 14.5 Å². The highest BCUT2D eigenvalue weighted by molar-refractivity contribution is 7.94. The minimum atomic E-state index is 0.171. The number of nitrogens with zero attached hydrogens (tertiary/aromatic N) is 4. The fourth-order valence-corrected chi connectivity index (χ4v) is 3.53. The molecule has 1 unspecified atom stereocenters. The zero-order chi connectivity index (χ0) is 21.3. The first-order valence-electron chi connectivity index (χ1n) is 9.82. The molecule has 1 N–H and O–H groups in total. The van der Waals surface area contributed by atoms with E-state index in [9.17, 15) is 3.89 Å². The average Bonchev–Trinajstić information content (AvgIpc) is 3.21. The Morgan fingerprint density at radius 3 is 2.83 bits per heavy atom. The van der Waals surface area contributed by atoms with E-state index in [0.717, 1.165) is 11.4 Å². The fourth-order valence-electron chi connectivity index (χ4n) is 3.22. The molecule has 0 bridgehead atoms. The van der Waals surface area contributed by atoms with Crippen LogP contribution >= 0.6 is 12.1 Å². The van der Waals surface area contributed by atoms with Crippen molar-refractivity contribution < 1.29 is 3.89 Å². The van der Waals surface area contributed by atoms with Crippen LogP contribution in [0.3, 0.4) is 0 Å². The van der Waals surface area contributed by atoms with Crippen LogP contribution in [-0.2, 0) is 7.05 Å². The molecule has 3 aromatic rings. The minimum absolute atomic E-state index is 0.171. The van der Waals surface area contributed by atoms with E-state index in [4.69, 9.17) is 0 Å². The minimum Gasteiger partial charge on any atom is -0.361 e. The Bertz CT molecular complexity index is 1010. The molecule has 30 heavy (non-hydrogen) atoms. The number of benzene rings is 1.